The predicted molar refractivity (Wildman–Crippen MR) is 194 cm³/mol. The summed E-state index contributed by atoms with van der Waals surface area (Å²) in [6.07, 6.45) is 5.07. The lowest BCUT2D eigenvalue weighted by Gasteiger charge is -2.55. The number of hydrogen-bond acceptors (Lipinski definition) is 6. The van der Waals surface area contributed by atoms with Gasteiger partial charge in [-0.05, 0) is 77.8 Å². The molecule has 0 bridgehead atoms. The number of rotatable bonds is 8. The minimum atomic E-state index is -1.29. The van der Waals surface area contributed by atoms with Gasteiger partial charge in [-0.1, -0.05) is 104 Å². The van der Waals surface area contributed by atoms with Gasteiger partial charge in [0.15, 0.2) is 11.6 Å². The van der Waals surface area contributed by atoms with Crippen molar-refractivity contribution in [3.63, 3.8) is 0 Å². The highest BCUT2D eigenvalue weighted by Gasteiger charge is 2.66. The number of allylic oxidation sites excluding steroid dienone is 4. The van der Waals surface area contributed by atoms with Crippen molar-refractivity contribution in [1.29, 1.82) is 0 Å². The van der Waals surface area contributed by atoms with Gasteiger partial charge in [-0.15, -0.1) is 0 Å². The van der Waals surface area contributed by atoms with Gasteiger partial charge in [-0.2, -0.15) is 0 Å². The van der Waals surface area contributed by atoms with Crippen LogP contribution in [0.15, 0.2) is 127 Å². The number of carbonyl (C=O) groups excluding carboxylic acids is 4. The molecule has 7 nitrogen and oxygen atoms in total. The molecule has 3 aliphatic carbocycles. The number of nitrogens with zero attached hydrogens (tertiary/aromatic N) is 1. The second-order valence-electron chi connectivity index (χ2n) is 14.0. The van der Waals surface area contributed by atoms with Gasteiger partial charge in [0.1, 0.15) is 12.4 Å². The van der Waals surface area contributed by atoms with Crippen LogP contribution in [0.4, 0.5) is 5.69 Å². The highest BCUT2D eigenvalue weighted by Crippen LogP contribution is 2.63. The molecular weight excluding hydrogens is 638 g/mol. The van der Waals surface area contributed by atoms with Gasteiger partial charge in [0, 0.05) is 17.4 Å². The summed E-state index contributed by atoms with van der Waals surface area (Å²) >= 11 is 0. The molecule has 1 saturated heterocycles. The number of imide groups is 1. The molecule has 6 atom stereocenters. The third kappa shape index (κ3) is 5.13. The van der Waals surface area contributed by atoms with Gasteiger partial charge in [0.05, 0.1) is 29.5 Å². The van der Waals surface area contributed by atoms with Crippen LogP contribution in [0.1, 0.15) is 47.9 Å². The van der Waals surface area contributed by atoms with Crippen molar-refractivity contribution in [2.24, 2.45) is 23.7 Å². The molecule has 51 heavy (non-hydrogen) atoms. The van der Waals surface area contributed by atoms with Crippen LogP contribution in [0.25, 0.3) is 5.57 Å². The number of ketones is 2. The number of hydrogen-bond donors (Lipinski definition) is 1. The fraction of sp³-hybridized carbons (Fsp3) is 0.273. The van der Waals surface area contributed by atoms with Crippen LogP contribution in [-0.4, -0.2) is 41.7 Å². The molecule has 8 rings (SSSR count). The van der Waals surface area contributed by atoms with Crippen molar-refractivity contribution in [3.05, 3.63) is 149 Å². The Balaban J connectivity index is 1.32. The average Bonchev–Trinajstić information content (AvgIpc) is 3.44. The zero-order valence-corrected chi connectivity index (χ0v) is 28.4. The maximum Gasteiger partial charge on any atom is 0.238 e. The molecule has 1 aliphatic heterocycles. The van der Waals surface area contributed by atoms with Crippen LogP contribution in [-0.2, 0) is 31.0 Å². The molecule has 2 amide bonds. The van der Waals surface area contributed by atoms with Gasteiger partial charge in [0.25, 0.3) is 0 Å². The monoisotopic (exact) mass is 677 g/mol. The molecule has 0 aromatic heterocycles. The van der Waals surface area contributed by atoms with E-state index in [2.05, 4.69) is 13.0 Å². The van der Waals surface area contributed by atoms with Crippen molar-refractivity contribution in [3.8, 4) is 5.75 Å². The molecule has 1 N–H and O–H groups in total. The van der Waals surface area contributed by atoms with E-state index in [4.69, 9.17) is 4.74 Å². The van der Waals surface area contributed by atoms with Crippen LogP contribution in [0, 0.1) is 23.7 Å². The molecule has 7 heteroatoms. The molecule has 4 aliphatic rings. The SMILES string of the molecule is CCc1ccc(N2C(=O)C3CC=C4C(CC5C(=O)C(c6ccccc6)=CC(=O)C5(c5ccccc5)C4c4ccc(OCCO)cc4)C3C2=O)cc1. The molecule has 2 fully saturated rings. The summed E-state index contributed by atoms with van der Waals surface area (Å²) in [5.41, 5.74) is 3.91. The number of carbonyl (C=O) groups is 4. The number of Topliss-reactive ketones (excluding diaryl/α,β-unsaturated/α-hetero) is 1. The van der Waals surface area contributed by atoms with Crippen LogP contribution in [0.5, 0.6) is 5.75 Å². The normalized spacial score (nSPS) is 26.9. The number of benzene rings is 4. The number of aliphatic hydroxyl groups excluding tert-OH is 1. The summed E-state index contributed by atoms with van der Waals surface area (Å²) in [7, 11) is 0. The fourth-order valence-electron chi connectivity index (χ4n) is 9.30. The lowest BCUT2D eigenvalue weighted by molar-refractivity contribution is -0.135. The van der Waals surface area contributed by atoms with Gasteiger partial charge >= 0.3 is 0 Å². The van der Waals surface area contributed by atoms with E-state index in [9.17, 15) is 14.7 Å². The van der Waals surface area contributed by atoms with E-state index in [1.54, 1.807) is 0 Å². The molecular formula is C44H39NO6. The van der Waals surface area contributed by atoms with Crippen molar-refractivity contribution < 1.29 is 29.0 Å². The standard InChI is InChI=1S/C44H39NO6/c1-2-27-13-17-31(18-14-27)45-42(49)34-22-21-33-36(39(34)43(45)50)25-37-41(48)35(28-9-5-3-6-10-28)26-38(47)44(37,30-11-7-4-8-12-30)40(33)29-15-19-32(20-16-29)51-24-23-46/h3-21,26,34,36-37,39-40,46H,2,22-25H2,1H3. The van der Waals surface area contributed by atoms with E-state index in [1.165, 1.54) is 11.0 Å². The maximum absolute atomic E-state index is 15.1. The predicted octanol–water partition coefficient (Wildman–Crippen LogP) is 6.65. The Bertz CT molecular complexity index is 2070. The zero-order valence-electron chi connectivity index (χ0n) is 28.4. The number of aryl methyl sites for hydroxylation is 1. The Morgan fingerprint density at radius 3 is 2.16 bits per heavy atom. The Kier molecular flexibility index (Phi) is 8.39. The Morgan fingerprint density at radius 1 is 0.804 bits per heavy atom. The number of ether oxygens (including phenoxy) is 1. The third-order valence-electron chi connectivity index (χ3n) is 11.6. The Hall–Kier alpha value is -5.40. The van der Waals surface area contributed by atoms with Crippen molar-refractivity contribution in [2.75, 3.05) is 18.1 Å². The Morgan fingerprint density at radius 2 is 1.49 bits per heavy atom. The van der Waals surface area contributed by atoms with Crippen LogP contribution < -0.4 is 9.64 Å². The van der Waals surface area contributed by atoms with Crippen molar-refractivity contribution in [1.82, 2.24) is 0 Å². The first-order valence-corrected chi connectivity index (χ1v) is 17.8. The largest absolute Gasteiger partial charge is 0.491 e. The van der Waals surface area contributed by atoms with Crippen LogP contribution >= 0.6 is 0 Å². The van der Waals surface area contributed by atoms with E-state index < -0.39 is 35.0 Å². The molecule has 4 aromatic rings. The summed E-state index contributed by atoms with van der Waals surface area (Å²) in [6.45, 7) is 2.08. The maximum atomic E-state index is 15.1. The Labute approximate surface area is 297 Å². The molecule has 256 valence electrons. The first-order chi connectivity index (χ1) is 24.9. The molecule has 0 spiro atoms. The van der Waals surface area contributed by atoms with Gasteiger partial charge < -0.3 is 9.84 Å². The summed E-state index contributed by atoms with van der Waals surface area (Å²) in [6, 6.07) is 33.9. The van der Waals surface area contributed by atoms with Gasteiger partial charge in [0.2, 0.25) is 11.8 Å². The quantitative estimate of drug-likeness (QED) is 0.166. The topological polar surface area (TPSA) is 101 Å². The molecule has 0 radical (unpaired) electrons. The fourth-order valence-corrected chi connectivity index (χ4v) is 9.30. The molecule has 1 saturated carbocycles. The molecule has 1 heterocycles. The highest BCUT2D eigenvalue weighted by atomic mass is 16.5. The average molecular weight is 678 g/mol. The number of aliphatic hydroxyl groups is 1. The zero-order chi connectivity index (χ0) is 35.3. The van der Waals surface area contributed by atoms with E-state index in [0.717, 1.165) is 28.7 Å². The lowest BCUT2D eigenvalue weighted by atomic mass is 9.44. The summed E-state index contributed by atoms with van der Waals surface area (Å²) in [5.74, 6) is -3.26. The van der Waals surface area contributed by atoms with Crippen LogP contribution in [0.3, 0.4) is 0 Å². The van der Waals surface area contributed by atoms with Crippen LogP contribution in [0.2, 0.25) is 0 Å². The minimum Gasteiger partial charge on any atom is -0.491 e. The highest BCUT2D eigenvalue weighted by molar-refractivity contribution is 6.32. The van der Waals surface area contributed by atoms with E-state index in [-0.39, 0.29) is 43.0 Å². The smallest absolute Gasteiger partial charge is 0.238 e. The molecule has 4 aromatic carbocycles. The summed E-state index contributed by atoms with van der Waals surface area (Å²) in [4.78, 5) is 60.2. The lowest BCUT2D eigenvalue weighted by Crippen LogP contribution is -2.58. The molecule has 6 unspecified atom stereocenters. The van der Waals surface area contributed by atoms with Crippen molar-refractivity contribution >= 4 is 34.6 Å². The summed E-state index contributed by atoms with van der Waals surface area (Å²) in [5, 5.41) is 9.33. The second kappa shape index (κ2) is 13.1. The summed E-state index contributed by atoms with van der Waals surface area (Å²) < 4.78 is 5.69. The first-order valence-electron chi connectivity index (χ1n) is 17.8. The number of fused-ring (bicyclic) bond motifs is 4. The van der Waals surface area contributed by atoms with E-state index >= 15 is 9.59 Å². The second-order valence-corrected chi connectivity index (χ2v) is 14.0. The first kappa shape index (κ1) is 32.8. The minimum absolute atomic E-state index is 0.125. The van der Waals surface area contributed by atoms with Gasteiger partial charge in [-0.3, -0.25) is 24.1 Å². The number of anilines is 1. The van der Waals surface area contributed by atoms with E-state index in [0.29, 0.717) is 29.0 Å². The van der Waals surface area contributed by atoms with Gasteiger partial charge in [-0.25, -0.2) is 0 Å². The number of amides is 2. The van der Waals surface area contributed by atoms with E-state index in [1.807, 2.05) is 109 Å². The third-order valence-corrected chi connectivity index (χ3v) is 11.6. The van der Waals surface area contributed by atoms with Crippen molar-refractivity contribution in [2.45, 2.75) is 37.5 Å².